The molecule has 0 atom stereocenters. The normalized spacial score (nSPS) is 14.6. The maximum absolute atomic E-state index is 13.4. The van der Waals surface area contributed by atoms with Gasteiger partial charge in [-0.1, -0.05) is 6.92 Å². The van der Waals surface area contributed by atoms with Crippen LogP contribution in [0.5, 0.6) is 0 Å². The van der Waals surface area contributed by atoms with Gasteiger partial charge in [0.05, 0.1) is 5.69 Å². The zero-order valence-corrected chi connectivity index (χ0v) is 15.8. The van der Waals surface area contributed by atoms with Gasteiger partial charge in [-0.25, -0.2) is 22.5 Å². The summed E-state index contributed by atoms with van der Waals surface area (Å²) in [5.41, 5.74) is 2.16. The van der Waals surface area contributed by atoms with Gasteiger partial charge in [0.25, 0.3) is 0 Å². The molecule has 2 N–H and O–H groups in total. The van der Waals surface area contributed by atoms with Crippen LogP contribution in [0.1, 0.15) is 31.0 Å². The van der Waals surface area contributed by atoms with E-state index in [9.17, 15) is 12.8 Å². The van der Waals surface area contributed by atoms with Crippen LogP contribution in [0, 0.1) is 12.7 Å². The standard InChI is InChI=1S/C18H20FN5O2S/c1-3-14-17(27(25,26)23-13-5-6-13)18-20-9-8-16(24(18)22-14)21-15-7-4-12(19)10-11(15)2/h4,7-10,13,21,23H,3,5-6H2,1-2H3. The summed E-state index contributed by atoms with van der Waals surface area (Å²) in [6.45, 7) is 3.65. The summed E-state index contributed by atoms with van der Waals surface area (Å²) < 4.78 is 43.2. The third kappa shape index (κ3) is 3.40. The minimum atomic E-state index is -3.70. The molecule has 2 aromatic heterocycles. The predicted octanol–water partition coefficient (Wildman–Crippen LogP) is 2.92. The molecule has 1 aromatic carbocycles. The Hall–Kier alpha value is -2.52. The minimum Gasteiger partial charge on any atom is -0.340 e. The van der Waals surface area contributed by atoms with Gasteiger partial charge in [0, 0.05) is 17.9 Å². The number of fused-ring (bicyclic) bond motifs is 1. The second-order valence-corrected chi connectivity index (χ2v) is 8.33. The van der Waals surface area contributed by atoms with Gasteiger partial charge < -0.3 is 5.32 Å². The van der Waals surface area contributed by atoms with Crippen molar-refractivity contribution in [2.45, 2.75) is 44.0 Å². The molecule has 7 nitrogen and oxygen atoms in total. The molecule has 0 unspecified atom stereocenters. The highest BCUT2D eigenvalue weighted by molar-refractivity contribution is 7.89. The number of aromatic nitrogens is 3. The fraction of sp³-hybridized carbons (Fsp3) is 0.333. The molecule has 1 aliphatic carbocycles. The van der Waals surface area contributed by atoms with Crippen molar-refractivity contribution >= 4 is 27.2 Å². The largest absolute Gasteiger partial charge is 0.340 e. The molecule has 4 rings (SSSR count). The van der Waals surface area contributed by atoms with Gasteiger partial charge in [-0.2, -0.15) is 9.61 Å². The Bertz CT molecular complexity index is 1120. The van der Waals surface area contributed by atoms with Crippen LogP contribution in [0.3, 0.4) is 0 Å². The molecule has 1 aliphatic rings. The van der Waals surface area contributed by atoms with Gasteiger partial charge in [-0.05, 0) is 56.0 Å². The summed E-state index contributed by atoms with van der Waals surface area (Å²) in [6.07, 6.45) is 3.70. The summed E-state index contributed by atoms with van der Waals surface area (Å²) in [5.74, 6) is 0.238. The Labute approximate surface area is 156 Å². The number of benzene rings is 1. The maximum Gasteiger partial charge on any atom is 0.246 e. The van der Waals surface area contributed by atoms with Crippen LogP contribution in [0.4, 0.5) is 15.9 Å². The molecule has 3 aromatic rings. The van der Waals surface area contributed by atoms with E-state index in [2.05, 4.69) is 20.1 Å². The Morgan fingerprint density at radius 2 is 2.07 bits per heavy atom. The monoisotopic (exact) mass is 389 g/mol. The fourth-order valence-electron chi connectivity index (χ4n) is 2.96. The van der Waals surface area contributed by atoms with E-state index < -0.39 is 10.0 Å². The fourth-order valence-corrected chi connectivity index (χ4v) is 4.62. The lowest BCUT2D eigenvalue weighted by Gasteiger charge is -2.11. The number of rotatable bonds is 6. The number of hydrogen-bond donors (Lipinski definition) is 2. The number of aryl methyl sites for hydroxylation is 2. The summed E-state index contributed by atoms with van der Waals surface area (Å²) >= 11 is 0. The van der Waals surface area contributed by atoms with Crippen molar-refractivity contribution in [3.8, 4) is 0 Å². The van der Waals surface area contributed by atoms with Crippen molar-refractivity contribution in [2.24, 2.45) is 0 Å². The molecular weight excluding hydrogens is 369 g/mol. The molecule has 0 spiro atoms. The highest BCUT2D eigenvalue weighted by Gasteiger charge is 2.32. The van der Waals surface area contributed by atoms with Crippen LogP contribution in [-0.4, -0.2) is 29.1 Å². The molecule has 9 heteroatoms. The quantitative estimate of drug-likeness (QED) is 0.677. The lowest BCUT2D eigenvalue weighted by molar-refractivity contribution is 0.580. The summed E-state index contributed by atoms with van der Waals surface area (Å²) in [7, 11) is -3.70. The van der Waals surface area contributed by atoms with Crippen molar-refractivity contribution < 1.29 is 12.8 Å². The molecule has 142 valence electrons. The summed E-state index contributed by atoms with van der Waals surface area (Å²) in [5, 5.41) is 7.66. The summed E-state index contributed by atoms with van der Waals surface area (Å²) in [6, 6.07) is 6.12. The molecule has 27 heavy (non-hydrogen) atoms. The number of sulfonamides is 1. The number of halogens is 1. The smallest absolute Gasteiger partial charge is 0.246 e. The van der Waals surface area contributed by atoms with E-state index in [0.29, 0.717) is 23.6 Å². The molecule has 0 bridgehead atoms. The predicted molar refractivity (Wildman–Crippen MR) is 100 cm³/mol. The van der Waals surface area contributed by atoms with Crippen LogP contribution in [0.2, 0.25) is 0 Å². The highest BCUT2D eigenvalue weighted by Crippen LogP contribution is 2.28. The first-order valence-electron chi connectivity index (χ1n) is 8.81. The zero-order chi connectivity index (χ0) is 19.2. The second-order valence-electron chi connectivity index (χ2n) is 6.67. The van der Waals surface area contributed by atoms with E-state index in [-0.39, 0.29) is 22.4 Å². The zero-order valence-electron chi connectivity index (χ0n) is 15.0. The SMILES string of the molecule is CCc1nn2c(Nc3ccc(F)cc3C)ccnc2c1S(=O)(=O)NC1CC1. The Kier molecular flexibility index (Phi) is 4.35. The lowest BCUT2D eigenvalue weighted by Crippen LogP contribution is -2.26. The van der Waals surface area contributed by atoms with Crippen LogP contribution in [0.25, 0.3) is 5.65 Å². The minimum absolute atomic E-state index is 0.00201. The molecule has 0 aliphatic heterocycles. The lowest BCUT2D eigenvalue weighted by atomic mass is 10.2. The van der Waals surface area contributed by atoms with E-state index >= 15 is 0 Å². The topological polar surface area (TPSA) is 88.4 Å². The van der Waals surface area contributed by atoms with Gasteiger partial charge in [-0.3, -0.25) is 0 Å². The van der Waals surface area contributed by atoms with Crippen molar-refractivity contribution in [3.63, 3.8) is 0 Å². The van der Waals surface area contributed by atoms with E-state index in [1.54, 1.807) is 19.1 Å². The Morgan fingerprint density at radius 3 is 2.74 bits per heavy atom. The number of anilines is 2. The van der Waals surface area contributed by atoms with E-state index in [1.165, 1.54) is 22.8 Å². The third-order valence-corrected chi connectivity index (χ3v) is 6.10. The van der Waals surface area contributed by atoms with E-state index in [4.69, 9.17) is 0 Å². The molecule has 1 saturated carbocycles. The van der Waals surface area contributed by atoms with Crippen molar-refractivity contribution in [3.05, 3.63) is 47.5 Å². The molecule has 2 heterocycles. The first-order valence-corrected chi connectivity index (χ1v) is 10.3. The van der Waals surface area contributed by atoms with Gasteiger partial charge in [0.2, 0.25) is 10.0 Å². The third-order valence-electron chi connectivity index (χ3n) is 4.50. The maximum atomic E-state index is 13.4. The molecule has 0 radical (unpaired) electrons. The van der Waals surface area contributed by atoms with Gasteiger partial charge >= 0.3 is 0 Å². The van der Waals surface area contributed by atoms with Crippen LogP contribution < -0.4 is 10.0 Å². The van der Waals surface area contributed by atoms with Gasteiger partial charge in [-0.15, -0.1) is 0 Å². The number of nitrogens with zero attached hydrogens (tertiary/aromatic N) is 3. The van der Waals surface area contributed by atoms with Crippen molar-refractivity contribution in [2.75, 3.05) is 5.32 Å². The van der Waals surface area contributed by atoms with Crippen LogP contribution >= 0.6 is 0 Å². The molecule has 0 saturated heterocycles. The van der Waals surface area contributed by atoms with Gasteiger partial charge in [0.15, 0.2) is 5.65 Å². The van der Waals surface area contributed by atoms with Crippen molar-refractivity contribution in [1.82, 2.24) is 19.3 Å². The average Bonchev–Trinajstić information content (AvgIpc) is 3.32. The van der Waals surface area contributed by atoms with Crippen LogP contribution in [-0.2, 0) is 16.4 Å². The number of hydrogen-bond acceptors (Lipinski definition) is 5. The molecule has 0 amide bonds. The van der Waals surface area contributed by atoms with Crippen LogP contribution in [0.15, 0.2) is 35.4 Å². The van der Waals surface area contributed by atoms with E-state index in [1.807, 2.05) is 6.92 Å². The molecular formula is C18H20FN5O2S. The summed E-state index contributed by atoms with van der Waals surface area (Å²) in [4.78, 5) is 4.39. The first kappa shape index (κ1) is 17.9. The number of nitrogens with one attached hydrogen (secondary N) is 2. The Balaban J connectivity index is 1.82. The second kappa shape index (κ2) is 6.58. The van der Waals surface area contributed by atoms with E-state index in [0.717, 1.165) is 18.4 Å². The Morgan fingerprint density at radius 1 is 1.30 bits per heavy atom. The van der Waals surface area contributed by atoms with Crippen molar-refractivity contribution in [1.29, 1.82) is 0 Å². The molecule has 1 fully saturated rings. The average molecular weight is 389 g/mol. The van der Waals surface area contributed by atoms with Gasteiger partial charge in [0.1, 0.15) is 16.5 Å². The highest BCUT2D eigenvalue weighted by atomic mass is 32.2. The first-order chi connectivity index (χ1) is 12.9.